The topological polar surface area (TPSA) is 44.8 Å². The Balaban J connectivity index is 1.94. The first kappa shape index (κ1) is 20.0. The summed E-state index contributed by atoms with van der Waals surface area (Å²) in [4.78, 5) is 11.6. The highest BCUT2D eigenvalue weighted by Gasteiger charge is 2.30. The van der Waals surface area contributed by atoms with Gasteiger partial charge in [-0.3, -0.25) is 0 Å². The number of halogens is 3. The molecular formula is C18H17F3O4S. The van der Waals surface area contributed by atoms with Gasteiger partial charge in [0.2, 0.25) is 0 Å². The molecule has 140 valence electrons. The smallest absolute Gasteiger partial charge is 0.416 e. The highest BCUT2D eigenvalue weighted by Crippen LogP contribution is 2.31. The Bertz CT molecular complexity index is 715. The Morgan fingerprint density at radius 3 is 2.00 bits per heavy atom. The minimum absolute atomic E-state index is 0.256. The van der Waals surface area contributed by atoms with Gasteiger partial charge in [0, 0.05) is 0 Å². The van der Waals surface area contributed by atoms with E-state index >= 15 is 0 Å². The van der Waals surface area contributed by atoms with E-state index in [1.54, 1.807) is 31.2 Å². The third-order valence-electron chi connectivity index (χ3n) is 3.20. The van der Waals surface area contributed by atoms with Crippen LogP contribution in [0.5, 0.6) is 17.2 Å². The number of carbonyl (C=O) groups is 1. The van der Waals surface area contributed by atoms with Gasteiger partial charge in [-0.2, -0.15) is 13.2 Å². The number of ether oxygens (including phenoxy) is 3. The van der Waals surface area contributed by atoms with Gasteiger partial charge < -0.3 is 14.2 Å². The van der Waals surface area contributed by atoms with Gasteiger partial charge in [-0.05, 0) is 61.7 Å². The van der Waals surface area contributed by atoms with Crippen LogP contribution in [0.25, 0.3) is 0 Å². The van der Waals surface area contributed by atoms with Crippen LogP contribution in [0.3, 0.4) is 0 Å². The second-order valence-corrected chi connectivity index (χ2v) is 6.04. The SMILES string of the molecule is CSCOC(=O)C(C)Oc1ccc(Oc2ccc(C(F)(F)F)cc2)cc1. The highest BCUT2D eigenvalue weighted by molar-refractivity contribution is 7.98. The molecular weight excluding hydrogens is 369 g/mol. The molecule has 0 N–H and O–H groups in total. The van der Waals surface area contributed by atoms with E-state index in [0.29, 0.717) is 11.5 Å². The van der Waals surface area contributed by atoms with Gasteiger partial charge in [0.05, 0.1) is 5.56 Å². The van der Waals surface area contributed by atoms with Crippen LogP contribution in [-0.2, 0) is 15.7 Å². The van der Waals surface area contributed by atoms with Crippen LogP contribution in [0.2, 0.25) is 0 Å². The molecule has 0 spiro atoms. The van der Waals surface area contributed by atoms with E-state index < -0.39 is 23.8 Å². The molecule has 0 radical (unpaired) electrons. The molecule has 0 aliphatic carbocycles. The molecule has 2 aromatic carbocycles. The molecule has 0 saturated heterocycles. The summed E-state index contributed by atoms with van der Waals surface area (Å²) >= 11 is 1.38. The van der Waals surface area contributed by atoms with E-state index in [2.05, 4.69) is 0 Å². The number of hydrogen-bond acceptors (Lipinski definition) is 5. The summed E-state index contributed by atoms with van der Waals surface area (Å²) in [5, 5.41) is 0. The first-order chi connectivity index (χ1) is 12.3. The zero-order valence-electron chi connectivity index (χ0n) is 14.1. The summed E-state index contributed by atoms with van der Waals surface area (Å²) < 4.78 is 53.5. The van der Waals surface area contributed by atoms with Gasteiger partial charge in [-0.1, -0.05) is 0 Å². The number of alkyl halides is 3. The van der Waals surface area contributed by atoms with Crippen molar-refractivity contribution in [2.75, 3.05) is 12.2 Å². The second-order valence-electron chi connectivity index (χ2n) is 5.23. The molecule has 0 bridgehead atoms. The Morgan fingerprint density at radius 2 is 1.50 bits per heavy atom. The minimum Gasteiger partial charge on any atom is -0.479 e. The fourth-order valence-electron chi connectivity index (χ4n) is 1.92. The minimum atomic E-state index is -4.38. The normalized spacial score (nSPS) is 12.3. The van der Waals surface area contributed by atoms with Crippen molar-refractivity contribution < 1.29 is 32.2 Å². The number of esters is 1. The lowest BCUT2D eigenvalue weighted by molar-refractivity contribution is -0.148. The van der Waals surface area contributed by atoms with Gasteiger partial charge in [0.15, 0.2) is 6.10 Å². The van der Waals surface area contributed by atoms with Gasteiger partial charge in [-0.25, -0.2) is 4.79 Å². The lowest BCUT2D eigenvalue weighted by atomic mass is 10.2. The average molecular weight is 386 g/mol. The molecule has 0 heterocycles. The molecule has 4 nitrogen and oxygen atoms in total. The van der Waals surface area contributed by atoms with Crippen molar-refractivity contribution in [1.29, 1.82) is 0 Å². The van der Waals surface area contributed by atoms with E-state index in [1.165, 1.54) is 23.9 Å². The molecule has 0 aliphatic heterocycles. The number of hydrogen-bond donors (Lipinski definition) is 0. The molecule has 2 aromatic rings. The molecule has 0 amide bonds. The predicted molar refractivity (Wildman–Crippen MR) is 92.5 cm³/mol. The quantitative estimate of drug-likeness (QED) is 0.488. The Hall–Kier alpha value is -2.35. The second kappa shape index (κ2) is 8.84. The van der Waals surface area contributed by atoms with E-state index in [1.807, 2.05) is 6.26 Å². The largest absolute Gasteiger partial charge is 0.479 e. The van der Waals surface area contributed by atoms with Crippen molar-refractivity contribution in [2.45, 2.75) is 19.2 Å². The first-order valence-corrected chi connectivity index (χ1v) is 8.96. The number of thioether (sulfide) groups is 1. The molecule has 8 heteroatoms. The Morgan fingerprint density at radius 1 is 1.00 bits per heavy atom. The molecule has 0 aromatic heterocycles. The van der Waals surface area contributed by atoms with Crippen LogP contribution in [0.15, 0.2) is 48.5 Å². The zero-order chi connectivity index (χ0) is 19.2. The Labute approximate surface area is 153 Å². The lowest BCUT2D eigenvalue weighted by Gasteiger charge is -2.14. The van der Waals surface area contributed by atoms with E-state index in [9.17, 15) is 18.0 Å². The maximum atomic E-state index is 12.5. The molecule has 0 aliphatic rings. The monoisotopic (exact) mass is 386 g/mol. The van der Waals surface area contributed by atoms with Crippen molar-refractivity contribution in [3.63, 3.8) is 0 Å². The molecule has 0 saturated carbocycles. The molecule has 1 unspecified atom stereocenters. The molecule has 2 rings (SSSR count). The standard InChI is InChI=1S/C18H17F3O4S/c1-12(17(22)23-11-26-2)24-14-7-9-16(10-8-14)25-15-5-3-13(4-6-15)18(19,20)21/h3-10,12H,11H2,1-2H3. The average Bonchev–Trinajstić information content (AvgIpc) is 2.61. The summed E-state index contributed by atoms with van der Waals surface area (Å²) in [6.45, 7) is 1.58. The number of benzene rings is 2. The third kappa shape index (κ3) is 5.87. The van der Waals surface area contributed by atoms with Gasteiger partial charge >= 0.3 is 12.1 Å². The molecule has 0 fully saturated rings. The highest BCUT2D eigenvalue weighted by atomic mass is 32.2. The maximum absolute atomic E-state index is 12.5. The fourth-order valence-corrected chi connectivity index (χ4v) is 2.15. The summed E-state index contributed by atoms with van der Waals surface area (Å²) in [7, 11) is 0. The van der Waals surface area contributed by atoms with Crippen molar-refractivity contribution in [2.24, 2.45) is 0 Å². The van der Waals surface area contributed by atoms with Crippen molar-refractivity contribution in [3.05, 3.63) is 54.1 Å². The maximum Gasteiger partial charge on any atom is 0.416 e. The summed E-state index contributed by atoms with van der Waals surface area (Å²) in [5.74, 6) is 0.935. The van der Waals surface area contributed by atoms with Gasteiger partial charge in [0.25, 0.3) is 0 Å². The molecule has 1 atom stereocenters. The summed E-state index contributed by atoms with van der Waals surface area (Å²) in [6.07, 6.45) is -3.33. The van der Waals surface area contributed by atoms with Crippen molar-refractivity contribution >= 4 is 17.7 Å². The van der Waals surface area contributed by atoms with E-state index in [0.717, 1.165) is 12.1 Å². The van der Waals surface area contributed by atoms with Crippen LogP contribution in [0.4, 0.5) is 13.2 Å². The van der Waals surface area contributed by atoms with Crippen LogP contribution >= 0.6 is 11.8 Å². The van der Waals surface area contributed by atoms with E-state index in [-0.39, 0.29) is 11.7 Å². The molecule has 26 heavy (non-hydrogen) atoms. The van der Waals surface area contributed by atoms with Gasteiger partial charge in [-0.15, -0.1) is 11.8 Å². The summed E-state index contributed by atoms with van der Waals surface area (Å²) in [5.41, 5.74) is -0.740. The lowest BCUT2D eigenvalue weighted by Crippen LogP contribution is -2.25. The number of carbonyl (C=O) groups excluding carboxylic acids is 1. The zero-order valence-corrected chi connectivity index (χ0v) is 14.9. The predicted octanol–water partition coefficient (Wildman–Crippen LogP) is 5.13. The van der Waals surface area contributed by atoms with Crippen molar-refractivity contribution in [3.8, 4) is 17.2 Å². The van der Waals surface area contributed by atoms with Crippen molar-refractivity contribution in [1.82, 2.24) is 0 Å². The fraction of sp³-hybridized carbons (Fsp3) is 0.278. The van der Waals surface area contributed by atoms with E-state index in [4.69, 9.17) is 14.2 Å². The van der Waals surface area contributed by atoms with Crippen LogP contribution in [0, 0.1) is 0 Å². The third-order valence-corrected chi connectivity index (χ3v) is 3.56. The Kier molecular flexibility index (Phi) is 6.79. The first-order valence-electron chi connectivity index (χ1n) is 7.57. The van der Waals surface area contributed by atoms with Gasteiger partial charge in [0.1, 0.15) is 23.2 Å². The summed E-state index contributed by atoms with van der Waals surface area (Å²) in [6, 6.07) is 10.8. The van der Waals surface area contributed by atoms with Crippen LogP contribution in [-0.4, -0.2) is 24.3 Å². The van der Waals surface area contributed by atoms with Crippen LogP contribution < -0.4 is 9.47 Å². The number of rotatable bonds is 7. The van der Waals surface area contributed by atoms with Crippen LogP contribution in [0.1, 0.15) is 12.5 Å².